The number of imide groups is 2. The molecule has 0 atom stereocenters. The van der Waals surface area contributed by atoms with Crippen LogP contribution in [0.15, 0.2) is 21.9 Å². The molecule has 23 heavy (non-hydrogen) atoms. The molecule has 3 rings (SSSR count). The van der Waals surface area contributed by atoms with Crippen molar-refractivity contribution >= 4 is 29.2 Å². The van der Waals surface area contributed by atoms with Gasteiger partial charge in [-0.15, -0.1) is 11.3 Å². The average Bonchev–Trinajstić information content (AvgIpc) is 3.16. The number of amides is 4. The SMILES string of the molecule is Cc1oc(-c2cccs2)nc1CN1C(=O)C(=O)N(C(C)C)C1=O. The first kappa shape index (κ1) is 15.4. The van der Waals surface area contributed by atoms with Crippen molar-refractivity contribution in [3.8, 4) is 10.8 Å². The van der Waals surface area contributed by atoms with Gasteiger partial charge in [-0.25, -0.2) is 14.7 Å². The molecule has 3 heterocycles. The van der Waals surface area contributed by atoms with Crippen LogP contribution in [0, 0.1) is 6.92 Å². The van der Waals surface area contributed by atoms with E-state index in [0.29, 0.717) is 17.3 Å². The van der Waals surface area contributed by atoms with Gasteiger partial charge in [-0.3, -0.25) is 14.5 Å². The van der Waals surface area contributed by atoms with Crippen LogP contribution in [-0.4, -0.2) is 38.7 Å². The van der Waals surface area contributed by atoms with E-state index in [9.17, 15) is 14.4 Å². The van der Waals surface area contributed by atoms with E-state index in [1.165, 1.54) is 11.3 Å². The van der Waals surface area contributed by atoms with Gasteiger partial charge in [-0.2, -0.15) is 0 Å². The second kappa shape index (κ2) is 5.62. The lowest BCUT2D eigenvalue weighted by Crippen LogP contribution is -2.38. The van der Waals surface area contributed by atoms with Gasteiger partial charge in [0.1, 0.15) is 11.5 Å². The van der Waals surface area contributed by atoms with Crippen molar-refractivity contribution in [2.75, 3.05) is 0 Å². The summed E-state index contributed by atoms with van der Waals surface area (Å²) in [7, 11) is 0. The Hall–Kier alpha value is -2.48. The van der Waals surface area contributed by atoms with Crippen LogP contribution in [0.5, 0.6) is 0 Å². The van der Waals surface area contributed by atoms with Gasteiger partial charge in [-0.1, -0.05) is 6.07 Å². The summed E-state index contributed by atoms with van der Waals surface area (Å²) in [5.41, 5.74) is 0.466. The predicted molar refractivity (Wildman–Crippen MR) is 82.5 cm³/mol. The molecule has 0 N–H and O–H groups in total. The van der Waals surface area contributed by atoms with Crippen molar-refractivity contribution in [3.05, 3.63) is 29.0 Å². The lowest BCUT2D eigenvalue weighted by atomic mass is 10.3. The lowest BCUT2D eigenvalue weighted by molar-refractivity contribution is -0.144. The van der Waals surface area contributed by atoms with E-state index in [-0.39, 0.29) is 12.6 Å². The van der Waals surface area contributed by atoms with E-state index in [2.05, 4.69) is 4.98 Å². The summed E-state index contributed by atoms with van der Waals surface area (Å²) in [6.45, 7) is 5.01. The van der Waals surface area contributed by atoms with Gasteiger partial charge >= 0.3 is 17.8 Å². The highest BCUT2D eigenvalue weighted by Crippen LogP contribution is 2.27. The van der Waals surface area contributed by atoms with Gasteiger partial charge in [-0.05, 0) is 32.2 Å². The summed E-state index contributed by atoms with van der Waals surface area (Å²) < 4.78 is 5.59. The van der Waals surface area contributed by atoms with E-state index >= 15 is 0 Å². The number of urea groups is 1. The molecule has 120 valence electrons. The Balaban J connectivity index is 1.86. The fourth-order valence-electron chi connectivity index (χ4n) is 2.35. The molecule has 0 saturated carbocycles. The van der Waals surface area contributed by atoms with E-state index in [4.69, 9.17) is 4.42 Å². The summed E-state index contributed by atoms with van der Waals surface area (Å²) in [4.78, 5) is 43.3. The highest BCUT2D eigenvalue weighted by molar-refractivity contribution is 7.13. The zero-order valence-electron chi connectivity index (χ0n) is 12.9. The van der Waals surface area contributed by atoms with Crippen LogP contribution in [0.2, 0.25) is 0 Å². The Kier molecular flexibility index (Phi) is 3.77. The maximum Gasteiger partial charge on any atom is 0.334 e. The Labute approximate surface area is 136 Å². The van der Waals surface area contributed by atoms with Gasteiger partial charge in [0.05, 0.1) is 11.4 Å². The number of aryl methyl sites for hydroxylation is 1. The molecule has 1 fully saturated rings. The van der Waals surface area contributed by atoms with Crippen LogP contribution >= 0.6 is 11.3 Å². The third-order valence-electron chi connectivity index (χ3n) is 3.53. The number of hydrogen-bond donors (Lipinski definition) is 0. The van der Waals surface area contributed by atoms with Gasteiger partial charge in [0.2, 0.25) is 5.89 Å². The van der Waals surface area contributed by atoms with Crippen LogP contribution in [0.25, 0.3) is 10.8 Å². The van der Waals surface area contributed by atoms with Gasteiger partial charge in [0.15, 0.2) is 0 Å². The van der Waals surface area contributed by atoms with Crippen LogP contribution < -0.4 is 0 Å². The van der Waals surface area contributed by atoms with Crippen LogP contribution in [0.4, 0.5) is 4.79 Å². The molecule has 0 unspecified atom stereocenters. The van der Waals surface area contributed by atoms with Crippen molar-refractivity contribution in [2.24, 2.45) is 0 Å². The number of carbonyl (C=O) groups excluding carboxylic acids is 3. The number of oxazole rings is 1. The molecule has 2 aromatic rings. The quantitative estimate of drug-likeness (QED) is 0.634. The maximum absolute atomic E-state index is 12.3. The number of rotatable bonds is 4. The molecule has 1 aliphatic heterocycles. The molecule has 0 spiro atoms. The Bertz CT molecular complexity index is 779. The topological polar surface area (TPSA) is 83.7 Å². The number of aromatic nitrogens is 1. The van der Waals surface area contributed by atoms with Crippen molar-refractivity contribution < 1.29 is 18.8 Å². The molecule has 1 saturated heterocycles. The molecule has 1 aliphatic rings. The molecule has 0 radical (unpaired) electrons. The predicted octanol–water partition coefficient (Wildman–Crippen LogP) is 2.41. The molecule has 4 amide bonds. The minimum atomic E-state index is -0.830. The molecular formula is C15H15N3O4S. The molecule has 0 aliphatic carbocycles. The largest absolute Gasteiger partial charge is 0.440 e. The smallest absolute Gasteiger partial charge is 0.334 e. The maximum atomic E-state index is 12.3. The first-order valence-corrected chi connectivity index (χ1v) is 7.97. The lowest BCUT2D eigenvalue weighted by Gasteiger charge is -2.17. The van der Waals surface area contributed by atoms with Crippen LogP contribution in [-0.2, 0) is 16.1 Å². The first-order valence-electron chi connectivity index (χ1n) is 7.09. The minimum Gasteiger partial charge on any atom is -0.440 e. The van der Waals surface area contributed by atoms with E-state index < -0.39 is 17.8 Å². The second-order valence-electron chi connectivity index (χ2n) is 5.44. The number of nitrogens with zero attached hydrogens (tertiary/aromatic N) is 3. The molecule has 0 aromatic carbocycles. The van der Waals surface area contributed by atoms with E-state index in [0.717, 1.165) is 14.7 Å². The Morgan fingerprint density at radius 1 is 1.26 bits per heavy atom. The number of thiophene rings is 1. The fourth-order valence-corrected chi connectivity index (χ4v) is 3.00. The highest BCUT2D eigenvalue weighted by atomic mass is 32.1. The van der Waals surface area contributed by atoms with Crippen LogP contribution in [0.3, 0.4) is 0 Å². The molecule has 7 nitrogen and oxygen atoms in total. The van der Waals surface area contributed by atoms with Crippen molar-refractivity contribution in [1.29, 1.82) is 0 Å². The third-order valence-corrected chi connectivity index (χ3v) is 4.39. The van der Waals surface area contributed by atoms with Gasteiger partial charge in [0.25, 0.3) is 0 Å². The molecule has 0 bridgehead atoms. The zero-order valence-corrected chi connectivity index (χ0v) is 13.7. The van der Waals surface area contributed by atoms with E-state index in [1.807, 2.05) is 17.5 Å². The standard InChI is InChI=1S/C15H15N3O4S/c1-8(2)18-14(20)13(19)17(15(18)21)7-10-9(3)22-12(16-10)11-5-4-6-23-11/h4-6,8H,7H2,1-3H3. The summed E-state index contributed by atoms with van der Waals surface area (Å²) in [5, 5.41) is 1.90. The van der Waals surface area contributed by atoms with E-state index in [1.54, 1.807) is 20.8 Å². The van der Waals surface area contributed by atoms with Crippen molar-refractivity contribution in [2.45, 2.75) is 33.4 Å². The minimum absolute atomic E-state index is 0.0761. The fraction of sp³-hybridized carbons (Fsp3) is 0.333. The normalized spacial score (nSPS) is 15.4. The first-order chi connectivity index (χ1) is 10.9. The third kappa shape index (κ3) is 2.55. The molecular weight excluding hydrogens is 318 g/mol. The Morgan fingerprint density at radius 3 is 2.57 bits per heavy atom. The number of carbonyl (C=O) groups is 3. The van der Waals surface area contributed by atoms with Crippen molar-refractivity contribution in [3.63, 3.8) is 0 Å². The average molecular weight is 333 g/mol. The summed E-state index contributed by atoms with van der Waals surface area (Å²) in [5.74, 6) is -0.670. The van der Waals surface area contributed by atoms with Crippen LogP contribution in [0.1, 0.15) is 25.3 Å². The van der Waals surface area contributed by atoms with Gasteiger partial charge < -0.3 is 4.42 Å². The second-order valence-corrected chi connectivity index (χ2v) is 6.39. The number of hydrogen-bond acceptors (Lipinski definition) is 6. The summed E-state index contributed by atoms with van der Waals surface area (Å²) in [6, 6.07) is 2.76. The molecule has 8 heteroatoms. The summed E-state index contributed by atoms with van der Waals surface area (Å²) >= 11 is 1.48. The Morgan fingerprint density at radius 2 is 2.00 bits per heavy atom. The highest BCUT2D eigenvalue weighted by Gasteiger charge is 2.46. The van der Waals surface area contributed by atoms with Gasteiger partial charge in [0, 0.05) is 6.04 Å². The molecule has 2 aromatic heterocycles. The zero-order chi connectivity index (χ0) is 16.7. The summed E-state index contributed by atoms with van der Waals surface area (Å²) in [6.07, 6.45) is 0. The van der Waals surface area contributed by atoms with Crippen molar-refractivity contribution in [1.82, 2.24) is 14.8 Å². The monoisotopic (exact) mass is 333 g/mol.